The molecule has 0 bridgehead atoms. The number of allylic oxidation sites excluding steroid dienone is 1. The zero-order valence-electron chi connectivity index (χ0n) is 13.7. The number of carboxylic acids is 1. The van der Waals surface area contributed by atoms with Crippen LogP contribution in [0.2, 0.25) is 0 Å². The van der Waals surface area contributed by atoms with E-state index in [1.54, 1.807) is 6.08 Å². The van der Waals surface area contributed by atoms with Crippen molar-refractivity contribution in [2.45, 2.75) is 64.2 Å². The van der Waals surface area contributed by atoms with Crippen LogP contribution in [-0.4, -0.2) is 11.1 Å². The fourth-order valence-corrected chi connectivity index (χ4v) is 3.23. The second-order valence-corrected chi connectivity index (χ2v) is 7.56. The van der Waals surface area contributed by atoms with Crippen molar-refractivity contribution >= 4 is 5.97 Å². The molecule has 0 fully saturated rings. The summed E-state index contributed by atoms with van der Waals surface area (Å²) in [5, 5.41) is 8.77. The minimum Gasteiger partial charge on any atom is -0.478 e. The molecular weight excluding hydrogens is 260 g/mol. The predicted octanol–water partition coefficient (Wildman–Crippen LogP) is 4.78. The Labute approximate surface area is 127 Å². The first kappa shape index (κ1) is 15.8. The average molecular weight is 286 g/mol. The molecule has 1 aliphatic rings. The maximum absolute atomic E-state index is 10.7. The molecule has 0 aromatic heterocycles. The third-order valence-electron chi connectivity index (χ3n) is 4.93. The van der Waals surface area contributed by atoms with E-state index in [0.29, 0.717) is 0 Å². The fourth-order valence-electron chi connectivity index (χ4n) is 3.23. The molecule has 0 saturated heterocycles. The van der Waals surface area contributed by atoms with Crippen LogP contribution in [0.1, 0.15) is 70.1 Å². The maximum Gasteiger partial charge on any atom is 0.327 e. The van der Waals surface area contributed by atoms with E-state index in [2.05, 4.69) is 45.9 Å². The van der Waals surface area contributed by atoms with Crippen LogP contribution in [0.25, 0.3) is 0 Å². The highest BCUT2D eigenvalue weighted by Crippen LogP contribution is 2.46. The summed E-state index contributed by atoms with van der Waals surface area (Å²) in [7, 11) is 0. The lowest BCUT2D eigenvalue weighted by Gasteiger charge is -2.42. The molecule has 1 unspecified atom stereocenters. The van der Waals surface area contributed by atoms with Gasteiger partial charge in [-0.25, -0.2) is 4.79 Å². The highest BCUT2D eigenvalue weighted by atomic mass is 16.4. The number of rotatable bonds is 3. The van der Waals surface area contributed by atoms with Gasteiger partial charge in [-0.3, -0.25) is 0 Å². The van der Waals surface area contributed by atoms with Crippen molar-refractivity contribution in [3.63, 3.8) is 0 Å². The summed E-state index contributed by atoms with van der Waals surface area (Å²) in [5.41, 5.74) is 4.47. The van der Waals surface area contributed by atoms with E-state index in [1.807, 2.05) is 6.92 Å². The largest absolute Gasteiger partial charge is 0.478 e. The number of carbonyl (C=O) groups is 1. The Morgan fingerprint density at radius 3 is 2.29 bits per heavy atom. The number of carboxylic acid groups (broad SMARTS) is 1. The fraction of sp³-hybridized carbons (Fsp3) is 0.526. The molecule has 0 saturated carbocycles. The number of benzene rings is 1. The molecule has 0 spiro atoms. The van der Waals surface area contributed by atoms with Gasteiger partial charge in [-0.2, -0.15) is 0 Å². The zero-order chi connectivity index (χ0) is 15.8. The summed E-state index contributed by atoms with van der Waals surface area (Å²) < 4.78 is 0. The van der Waals surface area contributed by atoms with Crippen LogP contribution in [0.5, 0.6) is 0 Å². The van der Waals surface area contributed by atoms with Crippen molar-refractivity contribution in [1.82, 2.24) is 0 Å². The van der Waals surface area contributed by atoms with Crippen LogP contribution >= 0.6 is 0 Å². The van der Waals surface area contributed by atoms with Crippen LogP contribution in [0.4, 0.5) is 0 Å². The van der Waals surface area contributed by atoms with Gasteiger partial charge in [0.25, 0.3) is 0 Å². The molecule has 0 aliphatic heterocycles. The Morgan fingerprint density at radius 2 is 1.71 bits per heavy atom. The Balaban J connectivity index is 2.44. The van der Waals surface area contributed by atoms with Crippen LogP contribution < -0.4 is 0 Å². The molecule has 2 heteroatoms. The van der Waals surface area contributed by atoms with Gasteiger partial charge in [-0.15, -0.1) is 0 Å². The third kappa shape index (κ3) is 3.20. The summed E-state index contributed by atoms with van der Waals surface area (Å²) in [4.78, 5) is 10.7. The van der Waals surface area contributed by atoms with Crippen LogP contribution in [-0.2, 0) is 15.6 Å². The standard InChI is InChI=1S/C19H26O2/c1-13(6-9-17(20)21)14-7-8-15-16(12-14)19(4,5)11-10-18(15,2)3/h6-9,12-13H,10-11H2,1-5H3,(H,20,21). The highest BCUT2D eigenvalue weighted by molar-refractivity contribution is 5.79. The lowest BCUT2D eigenvalue weighted by Crippen LogP contribution is -2.33. The maximum atomic E-state index is 10.7. The first-order chi connectivity index (χ1) is 9.63. The Hall–Kier alpha value is -1.57. The first-order valence-electron chi connectivity index (χ1n) is 7.69. The van der Waals surface area contributed by atoms with Gasteiger partial charge in [0.1, 0.15) is 0 Å². The van der Waals surface area contributed by atoms with Crippen LogP contribution in [0.15, 0.2) is 30.4 Å². The van der Waals surface area contributed by atoms with Crippen molar-refractivity contribution in [2.75, 3.05) is 0 Å². The predicted molar refractivity (Wildman–Crippen MR) is 86.9 cm³/mol. The monoisotopic (exact) mass is 286 g/mol. The highest BCUT2D eigenvalue weighted by Gasteiger charge is 2.36. The Bertz CT molecular complexity index is 579. The van der Waals surface area contributed by atoms with E-state index in [-0.39, 0.29) is 16.7 Å². The van der Waals surface area contributed by atoms with Gasteiger partial charge in [0.2, 0.25) is 0 Å². The molecule has 1 aromatic rings. The molecule has 2 nitrogen and oxygen atoms in total. The number of fused-ring (bicyclic) bond motifs is 1. The second-order valence-electron chi connectivity index (χ2n) is 7.56. The third-order valence-corrected chi connectivity index (χ3v) is 4.93. The molecule has 0 heterocycles. The topological polar surface area (TPSA) is 37.3 Å². The quantitative estimate of drug-likeness (QED) is 0.812. The first-order valence-corrected chi connectivity index (χ1v) is 7.69. The van der Waals surface area contributed by atoms with E-state index in [4.69, 9.17) is 5.11 Å². The van der Waals surface area contributed by atoms with Crippen LogP contribution in [0, 0.1) is 0 Å². The molecule has 0 amide bonds. The summed E-state index contributed by atoms with van der Waals surface area (Å²) in [6.07, 6.45) is 5.39. The van der Waals surface area contributed by atoms with Gasteiger partial charge in [0.15, 0.2) is 0 Å². The lowest BCUT2D eigenvalue weighted by molar-refractivity contribution is -0.131. The number of aliphatic carboxylic acids is 1. The van der Waals surface area contributed by atoms with Gasteiger partial charge in [0, 0.05) is 6.08 Å². The van der Waals surface area contributed by atoms with E-state index >= 15 is 0 Å². The molecule has 1 aromatic carbocycles. The smallest absolute Gasteiger partial charge is 0.327 e. The molecule has 0 radical (unpaired) electrons. The molecular formula is C19H26O2. The van der Waals surface area contributed by atoms with E-state index in [0.717, 1.165) is 0 Å². The Morgan fingerprint density at radius 1 is 1.14 bits per heavy atom. The summed E-state index contributed by atoms with van der Waals surface area (Å²) in [5.74, 6) is -0.770. The van der Waals surface area contributed by atoms with E-state index in [9.17, 15) is 4.79 Å². The molecule has 1 aliphatic carbocycles. The summed E-state index contributed by atoms with van der Waals surface area (Å²) in [6.45, 7) is 11.3. The van der Waals surface area contributed by atoms with Crippen molar-refractivity contribution in [3.8, 4) is 0 Å². The van der Waals surface area contributed by atoms with Gasteiger partial charge in [-0.1, -0.05) is 58.9 Å². The van der Waals surface area contributed by atoms with Crippen molar-refractivity contribution < 1.29 is 9.90 Å². The van der Waals surface area contributed by atoms with Crippen LogP contribution in [0.3, 0.4) is 0 Å². The van der Waals surface area contributed by atoms with Crippen molar-refractivity contribution in [1.29, 1.82) is 0 Å². The Kier molecular flexibility index (Phi) is 4.01. The number of hydrogen-bond acceptors (Lipinski definition) is 1. The second kappa shape index (κ2) is 5.32. The van der Waals surface area contributed by atoms with Crippen molar-refractivity contribution in [2.24, 2.45) is 0 Å². The minimum absolute atomic E-state index is 0.118. The summed E-state index contributed by atoms with van der Waals surface area (Å²) in [6, 6.07) is 6.68. The summed E-state index contributed by atoms with van der Waals surface area (Å²) >= 11 is 0. The van der Waals surface area contributed by atoms with Crippen molar-refractivity contribution in [3.05, 3.63) is 47.0 Å². The normalized spacial score (nSPS) is 21.0. The SMILES string of the molecule is CC(C=CC(=O)O)c1ccc2c(c1)C(C)(C)CCC2(C)C. The zero-order valence-corrected chi connectivity index (χ0v) is 13.7. The molecule has 2 rings (SSSR count). The van der Waals surface area contributed by atoms with E-state index in [1.165, 1.54) is 35.6 Å². The number of hydrogen-bond donors (Lipinski definition) is 1. The average Bonchev–Trinajstić information content (AvgIpc) is 2.41. The molecule has 1 N–H and O–H groups in total. The lowest BCUT2D eigenvalue weighted by atomic mass is 9.63. The van der Waals surface area contributed by atoms with Gasteiger partial charge < -0.3 is 5.11 Å². The van der Waals surface area contributed by atoms with E-state index < -0.39 is 5.97 Å². The molecule has 21 heavy (non-hydrogen) atoms. The molecule has 114 valence electrons. The molecule has 1 atom stereocenters. The van der Waals surface area contributed by atoms with Gasteiger partial charge in [-0.05, 0) is 46.3 Å². The minimum atomic E-state index is -0.888. The van der Waals surface area contributed by atoms with Gasteiger partial charge in [0.05, 0.1) is 0 Å². The van der Waals surface area contributed by atoms with Gasteiger partial charge >= 0.3 is 5.97 Å².